The lowest BCUT2D eigenvalue weighted by molar-refractivity contribution is -0.139. The standard InChI is InChI=1S/C13H24N2O/c1-10(2)6-11-4-3-5-15(9-11)13(16)12-7-14-8-12/h10-12,14H,3-9H2,1-2H3. The van der Waals surface area contributed by atoms with Crippen molar-refractivity contribution in [2.45, 2.75) is 33.1 Å². The van der Waals surface area contributed by atoms with E-state index in [1.807, 2.05) is 0 Å². The highest BCUT2D eigenvalue weighted by Gasteiger charge is 2.32. The van der Waals surface area contributed by atoms with Crippen LogP contribution >= 0.6 is 0 Å². The lowest BCUT2D eigenvalue weighted by Gasteiger charge is -2.38. The molecule has 0 aliphatic carbocycles. The minimum Gasteiger partial charge on any atom is -0.342 e. The molecule has 1 amide bonds. The maximum absolute atomic E-state index is 12.1. The van der Waals surface area contributed by atoms with Gasteiger partial charge in [-0.3, -0.25) is 4.79 Å². The first kappa shape index (κ1) is 11.9. The van der Waals surface area contributed by atoms with Gasteiger partial charge in [0.15, 0.2) is 0 Å². The summed E-state index contributed by atoms with van der Waals surface area (Å²) < 4.78 is 0. The Morgan fingerprint density at radius 3 is 2.75 bits per heavy atom. The van der Waals surface area contributed by atoms with Gasteiger partial charge in [0, 0.05) is 26.2 Å². The van der Waals surface area contributed by atoms with Crippen LogP contribution in [0.2, 0.25) is 0 Å². The highest BCUT2D eigenvalue weighted by Crippen LogP contribution is 2.24. The normalized spacial score (nSPS) is 26.9. The van der Waals surface area contributed by atoms with Crippen LogP contribution in [0.25, 0.3) is 0 Å². The third-order valence-corrected chi connectivity index (χ3v) is 3.77. The van der Waals surface area contributed by atoms with E-state index in [4.69, 9.17) is 0 Å². The molecular weight excluding hydrogens is 200 g/mol. The van der Waals surface area contributed by atoms with Crippen LogP contribution in [-0.4, -0.2) is 37.0 Å². The molecule has 0 saturated carbocycles. The summed E-state index contributed by atoms with van der Waals surface area (Å²) in [5.74, 6) is 2.17. The van der Waals surface area contributed by atoms with E-state index in [1.165, 1.54) is 19.3 Å². The maximum Gasteiger partial charge on any atom is 0.228 e. The molecule has 3 nitrogen and oxygen atoms in total. The molecule has 0 spiro atoms. The second-order valence-corrected chi connectivity index (χ2v) is 5.78. The second-order valence-electron chi connectivity index (χ2n) is 5.78. The zero-order valence-electron chi connectivity index (χ0n) is 10.5. The van der Waals surface area contributed by atoms with Gasteiger partial charge >= 0.3 is 0 Å². The largest absolute Gasteiger partial charge is 0.342 e. The van der Waals surface area contributed by atoms with E-state index in [9.17, 15) is 4.79 Å². The fourth-order valence-electron chi connectivity index (χ4n) is 2.85. The fourth-order valence-corrected chi connectivity index (χ4v) is 2.85. The van der Waals surface area contributed by atoms with E-state index >= 15 is 0 Å². The lowest BCUT2D eigenvalue weighted by atomic mass is 9.89. The number of carbonyl (C=O) groups is 1. The molecule has 2 saturated heterocycles. The Bertz CT molecular complexity index is 248. The van der Waals surface area contributed by atoms with E-state index < -0.39 is 0 Å². The molecule has 0 bridgehead atoms. The number of carbonyl (C=O) groups excluding carboxylic acids is 1. The Kier molecular flexibility index (Phi) is 3.85. The maximum atomic E-state index is 12.1. The molecule has 2 heterocycles. The molecule has 0 radical (unpaired) electrons. The summed E-state index contributed by atoms with van der Waals surface area (Å²) in [6, 6.07) is 0. The van der Waals surface area contributed by atoms with Crippen molar-refractivity contribution in [2.24, 2.45) is 17.8 Å². The van der Waals surface area contributed by atoms with Gasteiger partial charge in [-0.1, -0.05) is 13.8 Å². The quantitative estimate of drug-likeness (QED) is 0.788. The van der Waals surface area contributed by atoms with Crippen LogP contribution in [0.15, 0.2) is 0 Å². The van der Waals surface area contributed by atoms with Gasteiger partial charge in [0.05, 0.1) is 5.92 Å². The van der Waals surface area contributed by atoms with Gasteiger partial charge in [0.1, 0.15) is 0 Å². The molecule has 0 aromatic heterocycles. The Morgan fingerprint density at radius 1 is 1.44 bits per heavy atom. The van der Waals surface area contributed by atoms with Crippen molar-refractivity contribution in [2.75, 3.05) is 26.2 Å². The first-order valence-corrected chi connectivity index (χ1v) is 6.66. The monoisotopic (exact) mass is 224 g/mol. The van der Waals surface area contributed by atoms with E-state index in [2.05, 4.69) is 24.1 Å². The van der Waals surface area contributed by atoms with Crippen LogP contribution in [0.4, 0.5) is 0 Å². The fraction of sp³-hybridized carbons (Fsp3) is 0.923. The molecule has 1 unspecified atom stereocenters. The summed E-state index contributed by atoms with van der Waals surface area (Å²) in [5, 5.41) is 3.18. The topological polar surface area (TPSA) is 32.3 Å². The molecule has 2 fully saturated rings. The summed E-state index contributed by atoms with van der Waals surface area (Å²) in [6.45, 7) is 8.33. The van der Waals surface area contributed by atoms with Crippen molar-refractivity contribution in [1.29, 1.82) is 0 Å². The summed E-state index contributed by atoms with van der Waals surface area (Å²) in [4.78, 5) is 14.2. The minimum absolute atomic E-state index is 0.276. The van der Waals surface area contributed by atoms with Gasteiger partial charge in [0.25, 0.3) is 0 Å². The van der Waals surface area contributed by atoms with Crippen molar-refractivity contribution in [1.82, 2.24) is 10.2 Å². The van der Waals surface area contributed by atoms with Crippen LogP contribution in [0.5, 0.6) is 0 Å². The Hall–Kier alpha value is -0.570. The van der Waals surface area contributed by atoms with Crippen molar-refractivity contribution in [3.05, 3.63) is 0 Å². The number of hydrogen-bond donors (Lipinski definition) is 1. The van der Waals surface area contributed by atoms with Gasteiger partial charge in [-0.2, -0.15) is 0 Å². The predicted molar refractivity (Wildman–Crippen MR) is 65.1 cm³/mol. The minimum atomic E-state index is 0.276. The summed E-state index contributed by atoms with van der Waals surface area (Å²) in [7, 11) is 0. The highest BCUT2D eigenvalue weighted by molar-refractivity contribution is 5.80. The average molecular weight is 224 g/mol. The van der Waals surface area contributed by atoms with Crippen LogP contribution in [0, 0.1) is 17.8 Å². The van der Waals surface area contributed by atoms with E-state index in [0.717, 1.165) is 38.0 Å². The van der Waals surface area contributed by atoms with Crippen LogP contribution in [0.3, 0.4) is 0 Å². The Morgan fingerprint density at radius 2 is 2.19 bits per heavy atom. The van der Waals surface area contributed by atoms with Crippen LogP contribution in [-0.2, 0) is 4.79 Å². The molecule has 2 aliphatic rings. The first-order chi connectivity index (χ1) is 7.66. The molecule has 92 valence electrons. The van der Waals surface area contributed by atoms with E-state index in [1.54, 1.807) is 0 Å². The van der Waals surface area contributed by atoms with Crippen LogP contribution < -0.4 is 5.32 Å². The molecule has 2 rings (SSSR count). The van der Waals surface area contributed by atoms with E-state index in [-0.39, 0.29) is 5.92 Å². The first-order valence-electron chi connectivity index (χ1n) is 6.66. The molecule has 0 aromatic rings. The van der Waals surface area contributed by atoms with Gasteiger partial charge in [0.2, 0.25) is 5.91 Å². The Balaban J connectivity index is 1.83. The molecule has 16 heavy (non-hydrogen) atoms. The van der Waals surface area contributed by atoms with Gasteiger partial charge in [-0.25, -0.2) is 0 Å². The molecular formula is C13H24N2O. The molecule has 1 N–H and O–H groups in total. The number of nitrogens with one attached hydrogen (secondary N) is 1. The number of nitrogens with zero attached hydrogens (tertiary/aromatic N) is 1. The molecule has 0 aromatic carbocycles. The summed E-state index contributed by atoms with van der Waals surface area (Å²) in [5.41, 5.74) is 0. The van der Waals surface area contributed by atoms with Crippen molar-refractivity contribution >= 4 is 5.91 Å². The van der Waals surface area contributed by atoms with E-state index in [0.29, 0.717) is 5.91 Å². The van der Waals surface area contributed by atoms with Gasteiger partial charge in [-0.05, 0) is 31.1 Å². The second kappa shape index (κ2) is 5.17. The summed E-state index contributed by atoms with van der Waals surface area (Å²) >= 11 is 0. The third kappa shape index (κ3) is 2.76. The van der Waals surface area contributed by atoms with Crippen molar-refractivity contribution in [3.63, 3.8) is 0 Å². The highest BCUT2D eigenvalue weighted by atomic mass is 16.2. The summed E-state index contributed by atoms with van der Waals surface area (Å²) in [6.07, 6.45) is 3.78. The van der Waals surface area contributed by atoms with Crippen LogP contribution in [0.1, 0.15) is 33.1 Å². The SMILES string of the molecule is CC(C)CC1CCCN(C(=O)C2CNC2)C1. The van der Waals surface area contributed by atoms with Crippen molar-refractivity contribution in [3.8, 4) is 0 Å². The van der Waals surface area contributed by atoms with Gasteiger partial charge < -0.3 is 10.2 Å². The number of rotatable bonds is 3. The molecule has 2 aliphatic heterocycles. The molecule has 3 heteroatoms. The van der Waals surface area contributed by atoms with Gasteiger partial charge in [-0.15, -0.1) is 0 Å². The number of hydrogen-bond acceptors (Lipinski definition) is 2. The zero-order valence-corrected chi connectivity index (χ0v) is 10.5. The number of piperidine rings is 1. The smallest absolute Gasteiger partial charge is 0.228 e. The zero-order chi connectivity index (χ0) is 11.5. The van der Waals surface area contributed by atoms with Crippen molar-refractivity contribution < 1.29 is 4.79 Å². The number of likely N-dealkylation sites (tertiary alicyclic amines) is 1. The average Bonchev–Trinajstić information content (AvgIpc) is 2.14. The predicted octanol–water partition coefficient (Wildman–Crippen LogP) is 1.49. The number of amides is 1. The third-order valence-electron chi connectivity index (χ3n) is 3.77. The lowest BCUT2D eigenvalue weighted by Crippen LogP contribution is -2.53. The molecule has 1 atom stereocenters. The Labute approximate surface area is 98.6 Å².